The van der Waals surface area contributed by atoms with E-state index in [4.69, 9.17) is 0 Å². The molecule has 134 valence electrons. The van der Waals surface area contributed by atoms with Gasteiger partial charge in [-0.3, -0.25) is 4.98 Å². The highest BCUT2D eigenvalue weighted by molar-refractivity contribution is 5.74. The molecule has 1 heterocycles. The van der Waals surface area contributed by atoms with Gasteiger partial charge in [-0.25, -0.2) is 4.79 Å². The number of nitrogens with one attached hydrogen (secondary N) is 1. The van der Waals surface area contributed by atoms with Crippen molar-refractivity contribution in [3.05, 3.63) is 65.5 Å². The number of aliphatic hydroxyl groups excluding tert-OH is 1. The number of carbonyl (C=O) groups excluding carboxylic acids is 1. The van der Waals surface area contributed by atoms with Crippen molar-refractivity contribution in [2.24, 2.45) is 5.92 Å². The standard InChI is InChI=1S/C20H27N3O2/c1-15(2)18(19-16(3)8-7-11-21-19)22-20(25)23(12-13-24)14-17-9-5-4-6-10-17/h4-11,15,18,24H,12-14H2,1-3H3,(H,22,25). The van der Waals surface area contributed by atoms with Crippen LogP contribution in [0.4, 0.5) is 4.79 Å². The summed E-state index contributed by atoms with van der Waals surface area (Å²) in [6.07, 6.45) is 1.75. The molecule has 0 saturated carbocycles. The van der Waals surface area contributed by atoms with E-state index in [1.165, 1.54) is 0 Å². The maximum absolute atomic E-state index is 12.8. The maximum Gasteiger partial charge on any atom is 0.318 e. The lowest BCUT2D eigenvalue weighted by Gasteiger charge is -2.28. The second-order valence-electron chi connectivity index (χ2n) is 6.51. The Bertz CT molecular complexity index is 674. The van der Waals surface area contributed by atoms with E-state index in [9.17, 15) is 9.90 Å². The van der Waals surface area contributed by atoms with Gasteiger partial charge in [0.25, 0.3) is 0 Å². The minimum absolute atomic E-state index is 0.0742. The van der Waals surface area contributed by atoms with Crippen LogP contribution >= 0.6 is 0 Å². The topological polar surface area (TPSA) is 65.5 Å². The van der Waals surface area contributed by atoms with Gasteiger partial charge in [0.15, 0.2) is 0 Å². The van der Waals surface area contributed by atoms with Crippen molar-refractivity contribution in [2.45, 2.75) is 33.4 Å². The molecule has 2 amide bonds. The Hall–Kier alpha value is -2.40. The summed E-state index contributed by atoms with van der Waals surface area (Å²) in [7, 11) is 0. The zero-order valence-corrected chi connectivity index (χ0v) is 15.1. The number of carbonyl (C=O) groups is 1. The fourth-order valence-corrected chi connectivity index (χ4v) is 2.78. The number of aliphatic hydroxyl groups is 1. The van der Waals surface area contributed by atoms with Crippen LogP contribution < -0.4 is 5.32 Å². The fourth-order valence-electron chi connectivity index (χ4n) is 2.78. The number of hydrogen-bond donors (Lipinski definition) is 2. The van der Waals surface area contributed by atoms with Crippen LogP contribution in [-0.2, 0) is 6.54 Å². The largest absolute Gasteiger partial charge is 0.395 e. The number of nitrogens with zero attached hydrogens (tertiary/aromatic N) is 2. The maximum atomic E-state index is 12.8. The number of amides is 2. The Morgan fingerprint density at radius 1 is 1.20 bits per heavy atom. The third-order valence-electron chi connectivity index (χ3n) is 4.16. The van der Waals surface area contributed by atoms with Crippen molar-refractivity contribution in [1.29, 1.82) is 0 Å². The van der Waals surface area contributed by atoms with Gasteiger partial charge in [-0.15, -0.1) is 0 Å². The van der Waals surface area contributed by atoms with E-state index in [1.54, 1.807) is 11.1 Å². The van der Waals surface area contributed by atoms with Gasteiger partial charge >= 0.3 is 6.03 Å². The van der Waals surface area contributed by atoms with Crippen LogP contribution in [0.5, 0.6) is 0 Å². The molecule has 25 heavy (non-hydrogen) atoms. The first kappa shape index (κ1) is 18.9. The molecule has 5 nitrogen and oxygen atoms in total. The normalized spacial score (nSPS) is 12.0. The zero-order valence-electron chi connectivity index (χ0n) is 15.1. The molecule has 0 aliphatic heterocycles. The van der Waals surface area contributed by atoms with E-state index in [0.29, 0.717) is 6.54 Å². The highest BCUT2D eigenvalue weighted by Gasteiger charge is 2.24. The van der Waals surface area contributed by atoms with E-state index in [2.05, 4.69) is 24.1 Å². The van der Waals surface area contributed by atoms with Gasteiger partial charge in [-0.2, -0.15) is 0 Å². The second-order valence-corrected chi connectivity index (χ2v) is 6.51. The Morgan fingerprint density at radius 2 is 1.92 bits per heavy atom. The number of aromatic nitrogens is 1. The third-order valence-corrected chi connectivity index (χ3v) is 4.16. The molecule has 0 aliphatic rings. The number of aryl methyl sites for hydroxylation is 1. The SMILES string of the molecule is Cc1cccnc1C(NC(=O)N(CCO)Cc1ccccc1)C(C)C. The number of hydrogen-bond acceptors (Lipinski definition) is 3. The van der Waals surface area contributed by atoms with Gasteiger partial charge < -0.3 is 15.3 Å². The van der Waals surface area contributed by atoms with Crippen molar-refractivity contribution in [3.63, 3.8) is 0 Å². The van der Waals surface area contributed by atoms with Crippen molar-refractivity contribution in [2.75, 3.05) is 13.2 Å². The van der Waals surface area contributed by atoms with E-state index < -0.39 is 0 Å². The van der Waals surface area contributed by atoms with E-state index in [-0.39, 0.29) is 31.1 Å². The van der Waals surface area contributed by atoms with Gasteiger partial charge in [0, 0.05) is 19.3 Å². The summed E-state index contributed by atoms with van der Waals surface area (Å²) in [5, 5.41) is 12.4. The molecule has 0 bridgehead atoms. The van der Waals surface area contributed by atoms with Crippen molar-refractivity contribution < 1.29 is 9.90 Å². The van der Waals surface area contributed by atoms with Crippen LogP contribution in [0, 0.1) is 12.8 Å². The van der Waals surface area contributed by atoms with Crippen LogP contribution in [-0.4, -0.2) is 34.2 Å². The molecule has 2 N–H and O–H groups in total. The Balaban J connectivity index is 2.15. The Morgan fingerprint density at radius 3 is 2.52 bits per heavy atom. The van der Waals surface area contributed by atoms with Gasteiger partial charge in [-0.1, -0.05) is 50.2 Å². The van der Waals surface area contributed by atoms with Crippen molar-refractivity contribution >= 4 is 6.03 Å². The average Bonchev–Trinajstić information content (AvgIpc) is 2.60. The Labute approximate surface area is 149 Å². The van der Waals surface area contributed by atoms with Crippen molar-refractivity contribution in [3.8, 4) is 0 Å². The summed E-state index contributed by atoms with van der Waals surface area (Å²) in [6.45, 7) is 6.79. The first-order chi connectivity index (χ1) is 12.0. The molecule has 0 aliphatic carbocycles. The molecule has 2 aromatic rings. The Kier molecular flexibility index (Phi) is 6.95. The molecule has 1 aromatic heterocycles. The van der Waals surface area contributed by atoms with E-state index in [0.717, 1.165) is 16.8 Å². The average molecular weight is 341 g/mol. The molecule has 0 spiro atoms. The fraction of sp³-hybridized carbons (Fsp3) is 0.400. The molecule has 1 aromatic carbocycles. The molecule has 0 radical (unpaired) electrons. The van der Waals surface area contributed by atoms with Crippen LogP contribution in [0.2, 0.25) is 0 Å². The van der Waals surface area contributed by atoms with Gasteiger partial charge in [0.1, 0.15) is 0 Å². The molecule has 0 fully saturated rings. The molecule has 0 saturated heterocycles. The third kappa shape index (κ3) is 5.29. The second kappa shape index (κ2) is 9.18. The first-order valence-corrected chi connectivity index (χ1v) is 8.64. The lowest BCUT2D eigenvalue weighted by atomic mass is 9.97. The highest BCUT2D eigenvalue weighted by atomic mass is 16.3. The smallest absolute Gasteiger partial charge is 0.318 e. The number of pyridine rings is 1. The molecular formula is C20H27N3O2. The molecule has 1 atom stereocenters. The summed E-state index contributed by atoms with van der Waals surface area (Å²) in [4.78, 5) is 18.9. The van der Waals surface area contributed by atoms with Gasteiger partial charge in [-0.05, 0) is 30.0 Å². The lowest BCUT2D eigenvalue weighted by molar-refractivity contribution is 0.168. The molecule has 1 unspecified atom stereocenters. The predicted octanol–water partition coefficient (Wildman–Crippen LogP) is 3.29. The van der Waals surface area contributed by atoms with Crippen LogP contribution in [0.25, 0.3) is 0 Å². The minimum atomic E-state index is -0.193. The van der Waals surface area contributed by atoms with E-state index >= 15 is 0 Å². The first-order valence-electron chi connectivity index (χ1n) is 8.64. The summed E-state index contributed by atoms with van der Waals surface area (Å²) >= 11 is 0. The van der Waals surface area contributed by atoms with Crippen LogP contribution in [0.15, 0.2) is 48.7 Å². The van der Waals surface area contributed by atoms with Crippen LogP contribution in [0.3, 0.4) is 0 Å². The number of benzene rings is 1. The molecule has 5 heteroatoms. The van der Waals surface area contributed by atoms with Crippen LogP contribution in [0.1, 0.15) is 36.7 Å². The summed E-state index contributed by atoms with van der Waals surface area (Å²) in [5.41, 5.74) is 2.97. The van der Waals surface area contributed by atoms with Crippen molar-refractivity contribution in [1.82, 2.24) is 15.2 Å². The molecule has 2 rings (SSSR count). The van der Waals surface area contributed by atoms with Gasteiger partial charge in [0.2, 0.25) is 0 Å². The predicted molar refractivity (Wildman–Crippen MR) is 99.0 cm³/mol. The minimum Gasteiger partial charge on any atom is -0.395 e. The summed E-state index contributed by atoms with van der Waals surface area (Å²) in [6, 6.07) is 13.3. The molecular weight excluding hydrogens is 314 g/mol. The summed E-state index contributed by atoms with van der Waals surface area (Å²) < 4.78 is 0. The number of urea groups is 1. The zero-order chi connectivity index (χ0) is 18.2. The summed E-state index contributed by atoms with van der Waals surface area (Å²) in [5.74, 6) is 0.199. The lowest BCUT2D eigenvalue weighted by Crippen LogP contribution is -2.44. The highest BCUT2D eigenvalue weighted by Crippen LogP contribution is 2.23. The number of rotatable bonds is 7. The van der Waals surface area contributed by atoms with E-state index in [1.807, 2.05) is 49.4 Å². The quantitative estimate of drug-likeness (QED) is 0.812. The van der Waals surface area contributed by atoms with Gasteiger partial charge in [0.05, 0.1) is 18.3 Å². The monoisotopic (exact) mass is 341 g/mol.